The molecule has 7 heteroatoms. The van der Waals surface area contributed by atoms with E-state index in [0.29, 0.717) is 71.7 Å². The quantitative estimate of drug-likeness (QED) is 0.735. The number of nitrogens with zero attached hydrogens (tertiary/aromatic N) is 2. The summed E-state index contributed by atoms with van der Waals surface area (Å²) in [6.45, 7) is 3.55. The number of morpholine rings is 1. The zero-order valence-electron chi connectivity index (χ0n) is 13.3. The molecule has 0 spiro atoms. The van der Waals surface area contributed by atoms with Crippen LogP contribution in [0.1, 0.15) is 25.7 Å². The van der Waals surface area contributed by atoms with E-state index in [1.807, 2.05) is 4.90 Å². The van der Waals surface area contributed by atoms with Crippen LogP contribution in [-0.2, 0) is 19.1 Å². The Morgan fingerprint density at radius 1 is 0.957 bits per heavy atom. The summed E-state index contributed by atoms with van der Waals surface area (Å²) in [5.74, 6) is -0.387. The summed E-state index contributed by atoms with van der Waals surface area (Å²) >= 11 is 0. The van der Waals surface area contributed by atoms with E-state index >= 15 is 0 Å². The molecule has 1 aliphatic carbocycles. The van der Waals surface area contributed by atoms with E-state index in [9.17, 15) is 14.0 Å². The molecule has 128 valence electrons. The average molecular weight is 326 g/mol. The highest BCUT2D eigenvalue weighted by atomic mass is 19.1. The summed E-state index contributed by atoms with van der Waals surface area (Å²) in [5.41, 5.74) is -2.37. The number of amides is 2. The molecule has 1 saturated carbocycles. The number of piperidine rings is 1. The third-order valence-corrected chi connectivity index (χ3v) is 5.70. The minimum atomic E-state index is -1.67. The second-order valence-corrected chi connectivity index (χ2v) is 7.15. The summed E-state index contributed by atoms with van der Waals surface area (Å²) in [6, 6.07) is 0. The minimum absolute atomic E-state index is 0.0458. The molecule has 23 heavy (non-hydrogen) atoms. The van der Waals surface area contributed by atoms with Gasteiger partial charge in [0.1, 0.15) is 0 Å². The van der Waals surface area contributed by atoms with Crippen LogP contribution in [-0.4, -0.2) is 79.4 Å². The highest BCUT2D eigenvalue weighted by Gasteiger charge is 2.59. The number of hydrogen-bond acceptors (Lipinski definition) is 4. The lowest BCUT2D eigenvalue weighted by Crippen LogP contribution is -2.61. The van der Waals surface area contributed by atoms with E-state index in [-0.39, 0.29) is 12.0 Å². The predicted octanol–water partition coefficient (Wildman–Crippen LogP) is 0.355. The van der Waals surface area contributed by atoms with Gasteiger partial charge in [-0.3, -0.25) is 9.59 Å². The Labute approximate surface area is 134 Å². The molecule has 0 radical (unpaired) electrons. The first kappa shape index (κ1) is 15.3. The maximum Gasteiger partial charge on any atom is 0.260 e. The molecule has 3 saturated heterocycles. The van der Waals surface area contributed by atoms with Gasteiger partial charge in [-0.15, -0.1) is 0 Å². The molecular weight excluding hydrogens is 303 g/mol. The Hall–Kier alpha value is -1.21. The molecule has 4 fully saturated rings. The van der Waals surface area contributed by atoms with Gasteiger partial charge in [-0.05, 0) is 25.7 Å². The fourth-order valence-electron chi connectivity index (χ4n) is 4.11. The van der Waals surface area contributed by atoms with E-state index in [2.05, 4.69) is 0 Å². The first-order valence-corrected chi connectivity index (χ1v) is 8.52. The first-order chi connectivity index (χ1) is 11.1. The lowest BCUT2D eigenvalue weighted by molar-refractivity contribution is -0.159. The number of carbonyl (C=O) groups excluding carboxylic acids is 2. The molecule has 3 aliphatic heterocycles. The summed E-state index contributed by atoms with van der Waals surface area (Å²) < 4.78 is 25.3. The molecule has 2 atom stereocenters. The molecule has 0 bridgehead atoms. The number of hydrogen-bond donors (Lipinski definition) is 0. The van der Waals surface area contributed by atoms with Crippen molar-refractivity contribution in [1.82, 2.24) is 9.80 Å². The highest BCUT2D eigenvalue weighted by Crippen LogP contribution is 2.46. The van der Waals surface area contributed by atoms with Gasteiger partial charge in [-0.1, -0.05) is 0 Å². The molecule has 0 aromatic heterocycles. The van der Waals surface area contributed by atoms with E-state index in [4.69, 9.17) is 9.47 Å². The van der Waals surface area contributed by atoms with E-state index in [1.54, 1.807) is 4.90 Å². The van der Waals surface area contributed by atoms with Crippen LogP contribution in [0.15, 0.2) is 0 Å². The van der Waals surface area contributed by atoms with Gasteiger partial charge >= 0.3 is 0 Å². The van der Waals surface area contributed by atoms with Crippen molar-refractivity contribution in [2.45, 2.75) is 37.5 Å². The zero-order valence-corrected chi connectivity index (χ0v) is 13.3. The van der Waals surface area contributed by atoms with E-state index in [0.717, 1.165) is 0 Å². The van der Waals surface area contributed by atoms with Crippen LogP contribution in [0.2, 0.25) is 0 Å². The maximum atomic E-state index is 14.2. The third kappa shape index (κ3) is 2.45. The number of carbonyl (C=O) groups is 2. The van der Waals surface area contributed by atoms with Gasteiger partial charge in [0.05, 0.1) is 24.7 Å². The lowest BCUT2D eigenvalue weighted by atomic mass is 9.75. The molecule has 2 amide bonds. The van der Waals surface area contributed by atoms with Gasteiger partial charge in [0.2, 0.25) is 5.91 Å². The topological polar surface area (TPSA) is 59.1 Å². The highest BCUT2D eigenvalue weighted by molar-refractivity contribution is 5.90. The van der Waals surface area contributed by atoms with Crippen molar-refractivity contribution in [1.29, 1.82) is 0 Å². The normalized spacial score (nSPS) is 35.8. The standard InChI is InChI=1S/C16H23FN2O4/c17-16(2-3-16)14(21)19-5-1-12-15(11-19,4-8-23-12)13(20)18-6-9-22-10-7-18/h12H,1-11H2/t12-,15-/m1/s1. The van der Waals surface area contributed by atoms with Crippen LogP contribution >= 0.6 is 0 Å². The SMILES string of the molecule is O=C(N1CC[C@H]2OCC[C@@]2(C(=O)N2CCOCC2)C1)C1(F)CC1. The molecule has 4 aliphatic rings. The van der Waals surface area contributed by atoms with Crippen molar-refractivity contribution in [2.75, 3.05) is 46.0 Å². The van der Waals surface area contributed by atoms with Gasteiger partial charge in [0, 0.05) is 32.8 Å². The lowest BCUT2D eigenvalue weighted by Gasteiger charge is -2.45. The molecule has 0 N–H and O–H groups in total. The van der Waals surface area contributed by atoms with Gasteiger partial charge in [0.25, 0.3) is 5.91 Å². The number of likely N-dealkylation sites (tertiary alicyclic amines) is 1. The molecule has 3 heterocycles. The maximum absolute atomic E-state index is 14.2. The van der Waals surface area contributed by atoms with Gasteiger partial charge < -0.3 is 19.3 Å². The van der Waals surface area contributed by atoms with Crippen molar-refractivity contribution in [3.05, 3.63) is 0 Å². The monoisotopic (exact) mass is 326 g/mol. The number of rotatable bonds is 2. The smallest absolute Gasteiger partial charge is 0.260 e. The summed E-state index contributed by atoms with van der Waals surface area (Å²) in [4.78, 5) is 28.9. The van der Waals surface area contributed by atoms with Crippen molar-refractivity contribution < 1.29 is 23.5 Å². The Bertz CT molecular complexity index is 518. The van der Waals surface area contributed by atoms with Gasteiger partial charge in [0.15, 0.2) is 5.67 Å². The Morgan fingerprint density at radius 3 is 2.39 bits per heavy atom. The fourth-order valence-corrected chi connectivity index (χ4v) is 4.11. The van der Waals surface area contributed by atoms with Crippen LogP contribution in [0.5, 0.6) is 0 Å². The molecule has 0 aromatic carbocycles. The summed E-state index contributed by atoms with van der Waals surface area (Å²) in [5, 5.41) is 0. The van der Waals surface area contributed by atoms with Crippen molar-refractivity contribution in [2.24, 2.45) is 5.41 Å². The van der Waals surface area contributed by atoms with Crippen molar-refractivity contribution in [3.63, 3.8) is 0 Å². The number of fused-ring (bicyclic) bond motifs is 1. The predicted molar refractivity (Wildman–Crippen MR) is 78.5 cm³/mol. The van der Waals surface area contributed by atoms with Crippen molar-refractivity contribution >= 4 is 11.8 Å². The van der Waals surface area contributed by atoms with Crippen LogP contribution in [0.4, 0.5) is 4.39 Å². The minimum Gasteiger partial charge on any atom is -0.378 e. The van der Waals surface area contributed by atoms with E-state index in [1.165, 1.54) is 0 Å². The van der Waals surface area contributed by atoms with Crippen molar-refractivity contribution in [3.8, 4) is 0 Å². The third-order valence-electron chi connectivity index (χ3n) is 5.70. The molecule has 4 rings (SSSR count). The number of halogens is 1. The summed E-state index contributed by atoms with van der Waals surface area (Å²) in [7, 11) is 0. The fraction of sp³-hybridized carbons (Fsp3) is 0.875. The Kier molecular flexibility index (Phi) is 3.61. The van der Waals surface area contributed by atoms with Gasteiger partial charge in [-0.2, -0.15) is 0 Å². The first-order valence-electron chi connectivity index (χ1n) is 8.52. The Morgan fingerprint density at radius 2 is 1.70 bits per heavy atom. The van der Waals surface area contributed by atoms with Gasteiger partial charge in [-0.25, -0.2) is 4.39 Å². The van der Waals surface area contributed by atoms with Crippen LogP contribution in [0, 0.1) is 5.41 Å². The van der Waals surface area contributed by atoms with Crippen LogP contribution < -0.4 is 0 Å². The van der Waals surface area contributed by atoms with Crippen LogP contribution in [0.25, 0.3) is 0 Å². The van der Waals surface area contributed by atoms with E-state index < -0.39 is 17.0 Å². The average Bonchev–Trinajstić information content (AvgIpc) is 3.19. The molecule has 6 nitrogen and oxygen atoms in total. The summed E-state index contributed by atoms with van der Waals surface area (Å²) in [6.07, 6.45) is 1.69. The molecular formula is C16H23FN2O4. The second kappa shape index (κ2) is 5.41. The molecule has 0 unspecified atom stereocenters. The number of alkyl halides is 1. The molecule has 0 aromatic rings. The largest absolute Gasteiger partial charge is 0.378 e. The zero-order chi connectivity index (χ0) is 16.1. The number of ether oxygens (including phenoxy) is 2. The second-order valence-electron chi connectivity index (χ2n) is 7.15. The Balaban J connectivity index is 1.55. The van der Waals surface area contributed by atoms with Crippen LogP contribution in [0.3, 0.4) is 0 Å².